The van der Waals surface area contributed by atoms with E-state index in [9.17, 15) is 4.79 Å². The number of ketones is 1. The summed E-state index contributed by atoms with van der Waals surface area (Å²) in [7, 11) is 0. The van der Waals surface area contributed by atoms with Crippen LogP contribution in [0.4, 0.5) is 5.82 Å². The maximum Gasteiger partial charge on any atom is 0.195 e. The van der Waals surface area contributed by atoms with E-state index in [2.05, 4.69) is 15.0 Å². The third-order valence-corrected chi connectivity index (χ3v) is 2.75. The number of hydrogen-bond donors (Lipinski definition) is 1. The van der Waals surface area contributed by atoms with Gasteiger partial charge in [-0.3, -0.25) is 10.5 Å². The molecule has 0 spiro atoms. The van der Waals surface area contributed by atoms with Crippen molar-refractivity contribution < 1.29 is 4.79 Å². The molecule has 0 aliphatic carbocycles. The van der Waals surface area contributed by atoms with Gasteiger partial charge in [0.15, 0.2) is 11.6 Å². The van der Waals surface area contributed by atoms with Gasteiger partial charge in [-0.25, -0.2) is 9.97 Å². The Morgan fingerprint density at radius 1 is 1.17 bits per heavy atom. The molecule has 0 saturated carbocycles. The van der Waals surface area contributed by atoms with E-state index in [-0.39, 0.29) is 11.6 Å². The summed E-state index contributed by atoms with van der Waals surface area (Å²) in [6.45, 7) is 0. The van der Waals surface area contributed by atoms with E-state index in [0.717, 1.165) is 0 Å². The average Bonchev–Trinajstić information content (AvgIpc) is 2.84. The summed E-state index contributed by atoms with van der Waals surface area (Å²) in [6, 6.07) is 8.95. The maximum atomic E-state index is 12.3. The second kappa shape index (κ2) is 3.96. The molecule has 0 aliphatic heterocycles. The van der Waals surface area contributed by atoms with E-state index >= 15 is 0 Å². The van der Waals surface area contributed by atoms with E-state index in [0.29, 0.717) is 22.2 Å². The number of aromatic amines is 1. The number of H-pyrrole nitrogens is 1. The minimum atomic E-state index is -0.134. The fraction of sp³-hybridized carbons (Fsp3) is 0. The Balaban J connectivity index is 2.19. The molecule has 87 valence electrons. The highest BCUT2D eigenvalue weighted by atomic mass is 16.1. The Bertz CT molecular complexity index is 718. The normalized spacial score (nSPS) is 10.7. The van der Waals surface area contributed by atoms with Gasteiger partial charge < -0.3 is 4.98 Å². The smallest absolute Gasteiger partial charge is 0.195 e. The van der Waals surface area contributed by atoms with Crippen molar-refractivity contribution in [1.29, 1.82) is 0 Å². The highest BCUT2D eigenvalue weighted by Gasteiger charge is 2.17. The predicted molar refractivity (Wildman–Crippen MR) is 66.5 cm³/mol. The Morgan fingerprint density at radius 2 is 1.94 bits per heavy atom. The summed E-state index contributed by atoms with van der Waals surface area (Å²) >= 11 is 0. The van der Waals surface area contributed by atoms with Crippen LogP contribution in [0.15, 0.2) is 42.9 Å². The van der Waals surface area contributed by atoms with Crippen LogP contribution in [-0.4, -0.2) is 20.7 Å². The Hall–Kier alpha value is -2.69. The molecule has 0 unspecified atom stereocenters. The molecule has 18 heavy (non-hydrogen) atoms. The lowest BCUT2D eigenvalue weighted by Gasteiger charge is -2.00. The lowest BCUT2D eigenvalue weighted by atomic mass is 10.0. The number of aromatic nitrogens is 3. The Labute approximate surface area is 103 Å². The van der Waals surface area contributed by atoms with Crippen molar-refractivity contribution >= 4 is 22.6 Å². The summed E-state index contributed by atoms with van der Waals surface area (Å²) < 4.78 is 0. The van der Waals surface area contributed by atoms with Crippen LogP contribution in [0, 0.1) is 0 Å². The van der Waals surface area contributed by atoms with Gasteiger partial charge in [-0.15, -0.1) is 0 Å². The van der Waals surface area contributed by atoms with Crippen LogP contribution < -0.4 is 5.73 Å². The molecular formula is C13H9N4O. The summed E-state index contributed by atoms with van der Waals surface area (Å²) in [5.41, 5.74) is 9.28. The number of fused-ring (bicyclic) bond motifs is 1. The SMILES string of the molecule is [NH]c1ncnc2[nH]cc(C(=O)c3ccccc3)c12. The lowest BCUT2D eigenvalue weighted by molar-refractivity contribution is 0.104. The fourth-order valence-electron chi connectivity index (χ4n) is 1.89. The quantitative estimate of drug-likeness (QED) is 0.693. The zero-order valence-electron chi connectivity index (χ0n) is 9.34. The van der Waals surface area contributed by atoms with Crippen molar-refractivity contribution in [2.45, 2.75) is 0 Å². The van der Waals surface area contributed by atoms with Crippen LogP contribution in [0.25, 0.3) is 11.0 Å². The predicted octanol–water partition coefficient (Wildman–Crippen LogP) is 2.10. The molecule has 0 fully saturated rings. The molecule has 0 atom stereocenters. The van der Waals surface area contributed by atoms with Crippen molar-refractivity contribution in [2.24, 2.45) is 0 Å². The van der Waals surface area contributed by atoms with Crippen LogP contribution in [0.2, 0.25) is 0 Å². The van der Waals surface area contributed by atoms with Crippen molar-refractivity contribution in [3.8, 4) is 0 Å². The largest absolute Gasteiger partial charge is 0.345 e. The third kappa shape index (κ3) is 1.53. The second-order valence-electron chi connectivity index (χ2n) is 3.84. The molecular weight excluding hydrogens is 228 g/mol. The summed E-state index contributed by atoms with van der Waals surface area (Å²) in [6.07, 6.45) is 2.88. The van der Waals surface area contributed by atoms with Crippen LogP contribution in [0.5, 0.6) is 0 Å². The van der Waals surface area contributed by atoms with E-state index in [1.807, 2.05) is 6.07 Å². The zero-order valence-corrected chi connectivity index (χ0v) is 9.34. The number of carbonyl (C=O) groups excluding carboxylic acids is 1. The molecule has 0 amide bonds. The molecule has 5 nitrogen and oxygen atoms in total. The highest BCUT2D eigenvalue weighted by Crippen LogP contribution is 2.24. The van der Waals surface area contributed by atoms with Crippen LogP contribution >= 0.6 is 0 Å². The molecule has 1 radical (unpaired) electrons. The average molecular weight is 237 g/mol. The molecule has 5 heteroatoms. The van der Waals surface area contributed by atoms with Crippen LogP contribution in [-0.2, 0) is 0 Å². The van der Waals surface area contributed by atoms with Crippen molar-refractivity contribution in [1.82, 2.24) is 20.7 Å². The molecule has 2 N–H and O–H groups in total. The Morgan fingerprint density at radius 3 is 2.72 bits per heavy atom. The minimum Gasteiger partial charge on any atom is -0.345 e. The van der Waals surface area contributed by atoms with Crippen molar-refractivity contribution in [3.05, 3.63) is 54.0 Å². The third-order valence-electron chi connectivity index (χ3n) is 2.75. The number of hydrogen-bond acceptors (Lipinski definition) is 3. The van der Waals surface area contributed by atoms with Gasteiger partial charge in [-0.05, 0) is 0 Å². The maximum absolute atomic E-state index is 12.3. The number of nitrogens with one attached hydrogen (secondary N) is 2. The first-order chi connectivity index (χ1) is 8.77. The van der Waals surface area contributed by atoms with Gasteiger partial charge in [0.2, 0.25) is 0 Å². The second-order valence-corrected chi connectivity index (χ2v) is 3.84. The minimum absolute atomic E-state index is 0.0560. The monoisotopic (exact) mass is 237 g/mol. The van der Waals surface area contributed by atoms with E-state index in [4.69, 9.17) is 5.73 Å². The van der Waals surface area contributed by atoms with E-state index in [1.165, 1.54) is 6.33 Å². The molecule has 3 aromatic rings. The molecule has 0 bridgehead atoms. The fourth-order valence-corrected chi connectivity index (χ4v) is 1.89. The lowest BCUT2D eigenvalue weighted by Crippen LogP contribution is -2.00. The molecule has 1 aromatic carbocycles. The summed E-state index contributed by atoms with van der Waals surface area (Å²) in [4.78, 5) is 23.0. The first kappa shape index (κ1) is 10.5. The summed E-state index contributed by atoms with van der Waals surface area (Å²) in [5.74, 6) is -0.0781. The number of nitrogens with zero attached hydrogens (tertiary/aromatic N) is 2. The van der Waals surface area contributed by atoms with Gasteiger partial charge >= 0.3 is 0 Å². The topological polar surface area (TPSA) is 82.4 Å². The first-order valence-corrected chi connectivity index (χ1v) is 5.41. The van der Waals surface area contributed by atoms with Gasteiger partial charge in [-0.1, -0.05) is 30.3 Å². The standard InChI is InChI=1S/C13H9N4O/c14-12-10-9(6-15-13(10)17-7-16-12)11(18)8-4-2-1-3-5-8/h1-7,14H,(H,15,16,17). The first-order valence-electron chi connectivity index (χ1n) is 5.41. The molecule has 2 heterocycles. The van der Waals surface area contributed by atoms with Gasteiger partial charge in [0.1, 0.15) is 12.0 Å². The Kier molecular flexibility index (Phi) is 2.30. The van der Waals surface area contributed by atoms with Gasteiger partial charge in [0.05, 0.1) is 10.9 Å². The van der Waals surface area contributed by atoms with Gasteiger partial charge in [0, 0.05) is 11.8 Å². The van der Waals surface area contributed by atoms with Gasteiger partial charge in [-0.2, -0.15) is 0 Å². The van der Waals surface area contributed by atoms with Gasteiger partial charge in [0.25, 0.3) is 0 Å². The van der Waals surface area contributed by atoms with Crippen molar-refractivity contribution in [3.63, 3.8) is 0 Å². The number of carbonyl (C=O) groups is 1. The van der Waals surface area contributed by atoms with Crippen molar-refractivity contribution in [2.75, 3.05) is 0 Å². The van der Waals surface area contributed by atoms with E-state index < -0.39 is 0 Å². The van der Waals surface area contributed by atoms with Crippen LogP contribution in [0.3, 0.4) is 0 Å². The molecule has 2 aromatic heterocycles. The zero-order chi connectivity index (χ0) is 12.5. The summed E-state index contributed by atoms with van der Waals surface area (Å²) in [5, 5.41) is 0.464. The van der Waals surface area contributed by atoms with Crippen LogP contribution in [0.1, 0.15) is 15.9 Å². The number of benzene rings is 1. The molecule has 0 saturated heterocycles. The van der Waals surface area contributed by atoms with E-state index in [1.54, 1.807) is 30.5 Å². The highest BCUT2D eigenvalue weighted by molar-refractivity contribution is 6.17. The number of rotatable bonds is 2. The molecule has 0 aliphatic rings. The molecule has 3 rings (SSSR count).